The molecule has 0 aromatic heterocycles. The van der Waals surface area contributed by atoms with E-state index in [2.05, 4.69) is 38.2 Å². The van der Waals surface area contributed by atoms with Crippen LogP contribution in [0.15, 0.2) is 35.5 Å². The molecule has 17 heavy (non-hydrogen) atoms. The minimum absolute atomic E-state index is 0.240. The molecular formula is C16H24O. The Labute approximate surface area is 105 Å². The predicted molar refractivity (Wildman–Crippen MR) is 73.9 cm³/mol. The third-order valence-corrected chi connectivity index (χ3v) is 3.52. The molecule has 1 aliphatic rings. The highest BCUT2D eigenvalue weighted by Gasteiger charge is 2.12. The second-order valence-electron chi connectivity index (χ2n) is 4.91. The Morgan fingerprint density at radius 2 is 1.71 bits per heavy atom. The van der Waals surface area contributed by atoms with Crippen molar-refractivity contribution in [2.75, 3.05) is 0 Å². The van der Waals surface area contributed by atoms with Crippen molar-refractivity contribution in [3.63, 3.8) is 0 Å². The third kappa shape index (κ3) is 4.72. The molecule has 0 aliphatic heterocycles. The van der Waals surface area contributed by atoms with Gasteiger partial charge in [0.15, 0.2) is 5.78 Å². The first-order valence-corrected chi connectivity index (χ1v) is 6.63. The van der Waals surface area contributed by atoms with Crippen LogP contribution in [-0.2, 0) is 4.79 Å². The van der Waals surface area contributed by atoms with Crippen LogP contribution in [0.4, 0.5) is 0 Å². The van der Waals surface area contributed by atoms with Gasteiger partial charge in [-0.05, 0) is 57.4 Å². The lowest BCUT2D eigenvalue weighted by Gasteiger charge is -2.15. The van der Waals surface area contributed by atoms with Crippen LogP contribution in [0, 0.1) is 5.92 Å². The Hall–Kier alpha value is -1.11. The molecule has 1 unspecified atom stereocenters. The van der Waals surface area contributed by atoms with Crippen LogP contribution in [-0.4, -0.2) is 5.78 Å². The summed E-state index contributed by atoms with van der Waals surface area (Å²) in [6.07, 6.45) is 14.1. The van der Waals surface area contributed by atoms with Crippen LogP contribution < -0.4 is 0 Å². The summed E-state index contributed by atoms with van der Waals surface area (Å²) in [5, 5.41) is 0. The Balaban J connectivity index is 2.90. The summed E-state index contributed by atoms with van der Waals surface area (Å²) in [6.45, 7) is 6.02. The normalized spacial score (nSPS) is 31.1. The van der Waals surface area contributed by atoms with Gasteiger partial charge in [-0.3, -0.25) is 4.79 Å². The summed E-state index contributed by atoms with van der Waals surface area (Å²) in [5.74, 6) is 0.720. The van der Waals surface area contributed by atoms with Gasteiger partial charge in [0.2, 0.25) is 0 Å². The number of Topliss-reactive ketones (excluding diaryl/α,β-unsaturated/α-hetero) is 1. The number of carbonyl (C=O) groups is 1. The Morgan fingerprint density at radius 1 is 1.12 bits per heavy atom. The van der Waals surface area contributed by atoms with Crippen LogP contribution in [0.5, 0.6) is 0 Å². The first-order valence-electron chi connectivity index (χ1n) is 6.63. The largest absolute Gasteiger partial charge is 0.295 e. The summed E-state index contributed by atoms with van der Waals surface area (Å²) < 4.78 is 0. The molecule has 0 spiro atoms. The Kier molecular flexibility index (Phi) is 5.96. The van der Waals surface area contributed by atoms with E-state index in [-0.39, 0.29) is 5.78 Å². The van der Waals surface area contributed by atoms with Crippen LogP contribution >= 0.6 is 0 Å². The summed E-state index contributed by atoms with van der Waals surface area (Å²) >= 11 is 0. The SMILES string of the molecule is CC(=O)/C1=C(/C)C(C)C/C=C/CC/C=C/CC1. The van der Waals surface area contributed by atoms with E-state index in [9.17, 15) is 4.79 Å². The van der Waals surface area contributed by atoms with Crippen LogP contribution in [0.2, 0.25) is 0 Å². The number of rotatable bonds is 1. The number of carbonyl (C=O) groups excluding carboxylic acids is 1. The maximum absolute atomic E-state index is 11.7. The van der Waals surface area contributed by atoms with Crippen molar-refractivity contribution in [3.05, 3.63) is 35.5 Å². The van der Waals surface area contributed by atoms with E-state index in [1.54, 1.807) is 6.92 Å². The summed E-state index contributed by atoms with van der Waals surface area (Å²) in [4.78, 5) is 11.7. The van der Waals surface area contributed by atoms with Crippen LogP contribution in [0.3, 0.4) is 0 Å². The zero-order valence-corrected chi connectivity index (χ0v) is 11.3. The van der Waals surface area contributed by atoms with Gasteiger partial charge in [0.1, 0.15) is 0 Å². The molecule has 0 aromatic rings. The van der Waals surface area contributed by atoms with Crippen molar-refractivity contribution in [2.24, 2.45) is 5.92 Å². The fourth-order valence-electron chi connectivity index (χ4n) is 2.20. The maximum Gasteiger partial charge on any atom is 0.155 e. The highest BCUT2D eigenvalue weighted by Crippen LogP contribution is 2.23. The summed E-state index contributed by atoms with van der Waals surface area (Å²) in [6, 6.07) is 0. The zero-order chi connectivity index (χ0) is 12.7. The maximum atomic E-state index is 11.7. The van der Waals surface area contributed by atoms with Crippen molar-refractivity contribution < 1.29 is 4.79 Å². The monoisotopic (exact) mass is 232 g/mol. The molecular weight excluding hydrogens is 208 g/mol. The molecule has 0 radical (unpaired) electrons. The van der Waals surface area contributed by atoms with Gasteiger partial charge in [-0.25, -0.2) is 0 Å². The lowest BCUT2D eigenvalue weighted by atomic mass is 9.90. The van der Waals surface area contributed by atoms with Crippen molar-refractivity contribution in [1.29, 1.82) is 0 Å². The van der Waals surface area contributed by atoms with Crippen LogP contribution in [0.1, 0.15) is 52.9 Å². The smallest absolute Gasteiger partial charge is 0.155 e. The number of hydrogen-bond acceptors (Lipinski definition) is 1. The molecule has 0 saturated heterocycles. The molecule has 0 saturated carbocycles. The van der Waals surface area contributed by atoms with Gasteiger partial charge >= 0.3 is 0 Å². The second-order valence-corrected chi connectivity index (χ2v) is 4.91. The molecule has 1 nitrogen and oxygen atoms in total. The number of ketones is 1. The van der Waals surface area contributed by atoms with Crippen LogP contribution in [0.25, 0.3) is 0 Å². The molecule has 1 aliphatic carbocycles. The number of hydrogen-bond donors (Lipinski definition) is 0. The fourth-order valence-corrected chi connectivity index (χ4v) is 2.20. The minimum atomic E-state index is 0.240. The molecule has 1 rings (SSSR count). The predicted octanol–water partition coefficient (Wildman–Crippen LogP) is 4.60. The highest BCUT2D eigenvalue weighted by atomic mass is 16.1. The molecule has 0 fully saturated rings. The van der Waals surface area contributed by atoms with Crippen molar-refractivity contribution in [1.82, 2.24) is 0 Å². The van der Waals surface area contributed by atoms with Crippen molar-refractivity contribution >= 4 is 5.78 Å². The van der Waals surface area contributed by atoms with E-state index in [4.69, 9.17) is 0 Å². The molecule has 0 aromatic carbocycles. The Bertz CT molecular complexity index is 345. The average Bonchev–Trinajstić information content (AvgIpc) is 2.28. The van der Waals surface area contributed by atoms with Gasteiger partial charge in [0.05, 0.1) is 0 Å². The van der Waals surface area contributed by atoms with E-state index in [0.717, 1.165) is 37.7 Å². The van der Waals surface area contributed by atoms with Crippen molar-refractivity contribution in [2.45, 2.75) is 52.9 Å². The van der Waals surface area contributed by atoms with Gasteiger partial charge in [-0.15, -0.1) is 0 Å². The summed E-state index contributed by atoms with van der Waals surface area (Å²) in [7, 11) is 0. The first kappa shape index (κ1) is 14.0. The fraction of sp³-hybridized carbons (Fsp3) is 0.562. The highest BCUT2D eigenvalue weighted by molar-refractivity contribution is 5.94. The molecule has 0 N–H and O–H groups in total. The topological polar surface area (TPSA) is 17.1 Å². The Morgan fingerprint density at radius 3 is 2.35 bits per heavy atom. The lowest BCUT2D eigenvalue weighted by molar-refractivity contribution is -0.113. The molecule has 1 heteroatoms. The zero-order valence-electron chi connectivity index (χ0n) is 11.3. The van der Waals surface area contributed by atoms with Gasteiger partial charge < -0.3 is 0 Å². The second kappa shape index (κ2) is 7.26. The van der Waals surface area contributed by atoms with E-state index in [0.29, 0.717) is 5.92 Å². The lowest BCUT2D eigenvalue weighted by Crippen LogP contribution is -2.06. The molecule has 94 valence electrons. The van der Waals surface area contributed by atoms with E-state index >= 15 is 0 Å². The van der Waals surface area contributed by atoms with E-state index in [1.807, 2.05) is 0 Å². The molecule has 1 atom stereocenters. The standard InChI is InChI=1S/C16H24O/c1-13-11-9-7-5-4-6-8-10-12-16(14(13)2)15(3)17/h6-9,13H,4-5,10-12H2,1-3H3/b8-6+,9-7+,16-14-. The molecule has 0 amide bonds. The van der Waals surface area contributed by atoms with Gasteiger partial charge in [-0.2, -0.15) is 0 Å². The van der Waals surface area contributed by atoms with Crippen molar-refractivity contribution in [3.8, 4) is 0 Å². The average molecular weight is 232 g/mol. The van der Waals surface area contributed by atoms with Gasteiger partial charge in [0, 0.05) is 0 Å². The molecule has 0 heterocycles. The first-order chi connectivity index (χ1) is 8.13. The molecule has 0 bridgehead atoms. The van der Waals surface area contributed by atoms with Gasteiger partial charge in [-0.1, -0.05) is 36.8 Å². The quantitative estimate of drug-likeness (QED) is 0.604. The summed E-state index contributed by atoms with van der Waals surface area (Å²) in [5.41, 5.74) is 2.31. The minimum Gasteiger partial charge on any atom is -0.295 e. The van der Waals surface area contributed by atoms with E-state index in [1.165, 1.54) is 5.57 Å². The van der Waals surface area contributed by atoms with E-state index < -0.39 is 0 Å². The van der Waals surface area contributed by atoms with Gasteiger partial charge in [0.25, 0.3) is 0 Å². The third-order valence-electron chi connectivity index (χ3n) is 3.52. The number of allylic oxidation sites excluding steroid dienone is 6.